The molecule has 5 fully saturated rings. The highest BCUT2D eigenvalue weighted by Crippen LogP contribution is 2.57. The Bertz CT molecular complexity index is 3140. The Hall–Kier alpha value is -5.60. The average molecular weight is 1260 g/mol. The second-order valence-corrected chi connectivity index (χ2v) is 27.2. The first-order chi connectivity index (χ1) is 41.6. The fraction of sp³-hybridized carbons (Fsp3) is 0.738. The Morgan fingerprint density at radius 3 is 2.04 bits per heavy atom. The van der Waals surface area contributed by atoms with E-state index in [2.05, 4.69) is 0 Å². The van der Waals surface area contributed by atoms with Crippen molar-refractivity contribution < 1.29 is 107 Å². The molecule has 5 heterocycles. The summed E-state index contributed by atoms with van der Waals surface area (Å²) in [5.41, 5.74) is -8.62. The Morgan fingerprint density at radius 2 is 1.42 bits per heavy atom. The molecular formula is C61H84N4O24. The molecular weight excluding hydrogens is 1170 g/mol. The number of esters is 1. The lowest BCUT2D eigenvalue weighted by molar-refractivity contribution is -0.608. The van der Waals surface area contributed by atoms with Gasteiger partial charge in [-0.3, -0.25) is 39.4 Å². The molecule has 3 aliphatic carbocycles. The molecule has 0 spiro atoms. The van der Waals surface area contributed by atoms with Crippen molar-refractivity contribution in [3.63, 3.8) is 0 Å². The molecule has 23 atom stereocenters. The minimum absolute atomic E-state index is 0.0134. The van der Waals surface area contributed by atoms with Gasteiger partial charge in [0.1, 0.15) is 41.2 Å². The lowest BCUT2D eigenvalue weighted by atomic mass is 9.69. The molecule has 2 aromatic carbocycles. The number of carbonyl (C=O) groups excluding carboxylic acids is 3. The molecule has 10 unspecified atom stereocenters. The fourth-order valence-corrected chi connectivity index (χ4v) is 15.8. The van der Waals surface area contributed by atoms with Crippen LogP contribution in [0.5, 0.6) is 17.2 Å². The van der Waals surface area contributed by atoms with Crippen molar-refractivity contribution in [2.75, 3.05) is 35.3 Å². The number of ether oxygens (including phenoxy) is 10. The summed E-state index contributed by atoms with van der Waals surface area (Å²) in [5, 5.41) is 95.4. The molecule has 0 radical (unpaired) electrons. The number of aromatic hydroxyl groups is 2. The molecule has 2 aromatic rings. The Morgan fingerprint density at radius 1 is 0.753 bits per heavy atom. The first-order valence-electron chi connectivity index (χ1n) is 30.4. The third-order valence-corrected chi connectivity index (χ3v) is 20.3. The van der Waals surface area contributed by atoms with Gasteiger partial charge in [0, 0.05) is 91.2 Å². The minimum Gasteiger partial charge on any atom is -0.507 e. The molecule has 1 saturated carbocycles. The highest BCUT2D eigenvalue weighted by Gasteiger charge is 2.67. The third kappa shape index (κ3) is 11.5. The Kier molecular flexibility index (Phi) is 18.0. The van der Waals surface area contributed by atoms with E-state index in [0.29, 0.717) is 6.42 Å². The van der Waals surface area contributed by atoms with Gasteiger partial charge in [-0.25, -0.2) is 0 Å². The molecule has 4 saturated heterocycles. The number of phenols is 2. The number of nitro groups is 2. The highest BCUT2D eigenvalue weighted by molar-refractivity contribution is 6.31. The smallest absolute Gasteiger partial charge is 0.306 e. The van der Waals surface area contributed by atoms with E-state index in [1.807, 2.05) is 4.90 Å². The summed E-state index contributed by atoms with van der Waals surface area (Å²) < 4.78 is 63.5. The van der Waals surface area contributed by atoms with E-state index in [0.717, 1.165) is 0 Å². The highest BCUT2D eigenvalue weighted by atomic mass is 16.7. The van der Waals surface area contributed by atoms with Crippen molar-refractivity contribution in [1.82, 2.24) is 9.80 Å². The second kappa shape index (κ2) is 24.1. The van der Waals surface area contributed by atoms with Crippen LogP contribution in [0.15, 0.2) is 12.1 Å². The number of aliphatic hydroxyl groups is 3. The summed E-state index contributed by atoms with van der Waals surface area (Å²) in [6, 6.07) is 1.43. The van der Waals surface area contributed by atoms with Crippen LogP contribution in [0, 0.1) is 32.1 Å². The van der Waals surface area contributed by atoms with Gasteiger partial charge in [0.15, 0.2) is 24.5 Å². The van der Waals surface area contributed by atoms with E-state index in [4.69, 9.17) is 52.5 Å². The zero-order valence-electron chi connectivity index (χ0n) is 52.3. The molecule has 492 valence electrons. The van der Waals surface area contributed by atoms with E-state index in [-0.39, 0.29) is 84.1 Å². The number of phenolic OH excluding ortho intramolecular Hbond substituents is 2. The summed E-state index contributed by atoms with van der Waals surface area (Å²) in [4.78, 5) is 83.4. The molecule has 5 aliphatic heterocycles. The number of ketones is 2. The van der Waals surface area contributed by atoms with E-state index in [9.17, 15) is 60.1 Å². The van der Waals surface area contributed by atoms with Crippen molar-refractivity contribution in [3.8, 4) is 17.2 Å². The molecule has 10 rings (SSSR count). The predicted molar refractivity (Wildman–Crippen MR) is 306 cm³/mol. The summed E-state index contributed by atoms with van der Waals surface area (Å²) in [6.07, 6.45) is -17.2. The van der Waals surface area contributed by atoms with E-state index in [1.54, 1.807) is 67.7 Å². The van der Waals surface area contributed by atoms with Crippen LogP contribution in [-0.4, -0.2) is 224 Å². The lowest BCUT2D eigenvalue weighted by Crippen LogP contribution is -2.70. The maximum atomic E-state index is 15.3. The van der Waals surface area contributed by atoms with Crippen LogP contribution in [0.4, 0.5) is 0 Å². The van der Waals surface area contributed by atoms with Crippen molar-refractivity contribution in [3.05, 3.63) is 71.3 Å². The van der Waals surface area contributed by atoms with Crippen molar-refractivity contribution in [2.24, 2.45) is 11.8 Å². The van der Waals surface area contributed by atoms with Crippen molar-refractivity contribution in [2.45, 2.75) is 240 Å². The van der Waals surface area contributed by atoms with E-state index < -0.39 is 195 Å². The fourth-order valence-electron chi connectivity index (χ4n) is 15.8. The first-order valence-corrected chi connectivity index (χ1v) is 30.4. The van der Waals surface area contributed by atoms with Gasteiger partial charge in [0.05, 0.1) is 102 Å². The number of benzene rings is 2. The van der Waals surface area contributed by atoms with Crippen LogP contribution in [0.1, 0.15) is 161 Å². The van der Waals surface area contributed by atoms with Crippen LogP contribution in [0.3, 0.4) is 0 Å². The van der Waals surface area contributed by atoms with Crippen LogP contribution in [-0.2, 0) is 64.2 Å². The molecule has 0 amide bonds. The Labute approximate surface area is 514 Å². The van der Waals surface area contributed by atoms with Gasteiger partial charge in [-0.1, -0.05) is 13.0 Å². The number of carboxylic acids is 1. The average Bonchev–Trinajstić information content (AvgIpc) is 0.716. The molecule has 28 heteroatoms. The quantitative estimate of drug-likeness (QED) is 0.0515. The number of carbonyl (C=O) groups is 4. The maximum Gasteiger partial charge on any atom is 0.306 e. The van der Waals surface area contributed by atoms with E-state index >= 15 is 4.79 Å². The molecule has 2 bridgehead atoms. The number of rotatable bonds is 16. The molecule has 89 heavy (non-hydrogen) atoms. The van der Waals surface area contributed by atoms with Crippen LogP contribution < -0.4 is 4.74 Å². The SMILES string of the molecule is CO[C@H]1C[C@H](OC2[C@H](C)OC(C3[C@H](C)O[C@H](OC4C(N(C)C)C(O)C5Oc6c(ccc7c6C(=O)c6c(O)c8c(c(O)c6C7=O)C(O[C@H]6C[C@H](N(C)C)[C@H](O)[C@H](C)O6)CC(C)(O)C8)C4(C)O5)C[C@@]3(C)[N+](=O)[O-])C[C@@]2(C)[N+](=O)[O-])C[C@@H](C)[C@H]1OC(=O)CCC(=O)O. The zero-order chi connectivity index (χ0) is 65.2. The van der Waals surface area contributed by atoms with Gasteiger partial charge in [-0.15, -0.1) is 0 Å². The van der Waals surface area contributed by atoms with Gasteiger partial charge in [-0.05, 0) is 81.2 Å². The number of hydrogen-bond donors (Lipinski definition) is 6. The van der Waals surface area contributed by atoms with Gasteiger partial charge in [0.2, 0.25) is 23.2 Å². The summed E-state index contributed by atoms with van der Waals surface area (Å²) in [6.45, 7) is 12.6. The van der Waals surface area contributed by atoms with Crippen LogP contribution in [0.2, 0.25) is 0 Å². The second-order valence-electron chi connectivity index (χ2n) is 27.2. The molecule has 8 aliphatic rings. The van der Waals surface area contributed by atoms with Gasteiger partial charge in [0.25, 0.3) is 0 Å². The third-order valence-electron chi connectivity index (χ3n) is 20.3. The normalized spacial score (nSPS) is 40.9. The Balaban J connectivity index is 0.917. The number of likely N-dealkylation sites (N-methyl/N-ethyl adjacent to an activating group) is 2. The van der Waals surface area contributed by atoms with Gasteiger partial charge in [-0.2, -0.15) is 0 Å². The van der Waals surface area contributed by atoms with Crippen molar-refractivity contribution in [1.29, 1.82) is 0 Å². The molecule has 0 aromatic heterocycles. The summed E-state index contributed by atoms with van der Waals surface area (Å²) in [5.74, 6) is -6.69. The molecule has 6 N–H and O–H groups in total. The largest absolute Gasteiger partial charge is 0.507 e. The number of aliphatic hydroxyl groups excluding tert-OH is 2. The zero-order valence-corrected chi connectivity index (χ0v) is 52.3. The number of aliphatic carboxylic acids is 1. The lowest BCUT2D eigenvalue weighted by Gasteiger charge is -2.56. The number of nitrogens with zero attached hydrogens (tertiary/aromatic N) is 4. The number of methoxy groups -OCH3 is 1. The number of hydrogen-bond acceptors (Lipinski definition) is 25. The van der Waals surface area contributed by atoms with Crippen LogP contribution >= 0.6 is 0 Å². The van der Waals surface area contributed by atoms with Gasteiger partial charge < -0.3 is 87.8 Å². The monoisotopic (exact) mass is 1260 g/mol. The topological polar surface area (TPSA) is 375 Å². The standard InChI is InChI=1S/C61H84N4O24/c1-25-18-29(19-34(80-13)53(25)86-38(68)17-16-37(66)67)84-55-28(4)81-36(23-60(55,7)65(78)79)45-26(2)82-40(24-59(45,6)64(76)77)87-56-46(63(11)12)52(74)57-88-54-32(61(56,8)89-57)15-14-30-42(54)51(73)44-43(48(30)70)50(72)41-31(49(44)71)21-58(5,75)22-35(41)85-39-20-33(62(9)10)47(69)27(3)83-39/h14-15,25-29,33-36,39-40,45-47,52-53,55-57,69,71-72,74-75H,16-24H2,1-13H3,(H,66,67)/t25-,26+,27+,28+,29-,33+,34+,35?,36?,39+,40-,45?,46?,47-,52?,53-,55?,56?,57?,58?,59-,60-,61?/m1/s1. The summed E-state index contributed by atoms with van der Waals surface area (Å²) >= 11 is 0. The predicted octanol–water partition coefficient (Wildman–Crippen LogP) is 3.67. The maximum absolute atomic E-state index is 15.3. The van der Waals surface area contributed by atoms with Crippen molar-refractivity contribution >= 4 is 23.5 Å². The first kappa shape index (κ1) is 66.3. The van der Waals surface area contributed by atoms with Crippen LogP contribution in [0.25, 0.3) is 0 Å². The summed E-state index contributed by atoms with van der Waals surface area (Å²) in [7, 11) is 8.34. The van der Waals surface area contributed by atoms with E-state index in [1.165, 1.54) is 40.0 Å². The van der Waals surface area contributed by atoms with Gasteiger partial charge >= 0.3 is 11.9 Å². The number of carboxylic acid groups (broad SMARTS) is 1. The molecule has 28 nitrogen and oxygen atoms in total. The number of fused-ring (bicyclic) bond motifs is 8. The minimum atomic E-state index is -1.95.